The van der Waals surface area contributed by atoms with Crippen molar-refractivity contribution in [1.29, 1.82) is 0 Å². The van der Waals surface area contributed by atoms with Gasteiger partial charge < -0.3 is 0 Å². The second kappa shape index (κ2) is 6.39. The maximum atomic E-state index is 6.88. The third-order valence-electron chi connectivity index (χ3n) is 5.09. The predicted octanol–water partition coefficient (Wildman–Crippen LogP) is 4.25. The van der Waals surface area contributed by atoms with Crippen molar-refractivity contribution in [3.05, 3.63) is 58.6 Å². The van der Waals surface area contributed by atoms with Gasteiger partial charge in [-0.2, -0.15) is 15.3 Å². The molecule has 27 heavy (non-hydrogen) atoms. The van der Waals surface area contributed by atoms with Crippen molar-refractivity contribution in [2.75, 3.05) is 0 Å². The number of hydrogen-bond acceptors (Lipinski definition) is 3. The minimum Gasteiger partial charge on any atom is -0.272 e. The van der Waals surface area contributed by atoms with Gasteiger partial charge in [-0.15, -0.1) is 0 Å². The van der Waals surface area contributed by atoms with Crippen LogP contribution in [0.4, 0.5) is 0 Å². The highest BCUT2D eigenvalue weighted by Crippen LogP contribution is 2.39. The minimum atomic E-state index is 0.600. The van der Waals surface area contributed by atoms with Crippen LogP contribution >= 0.6 is 11.6 Å². The Labute approximate surface area is 163 Å². The molecule has 0 saturated carbocycles. The van der Waals surface area contributed by atoms with Gasteiger partial charge in [-0.25, -0.2) is 4.68 Å². The summed E-state index contributed by atoms with van der Waals surface area (Å²) in [6.45, 7) is 6.11. The van der Waals surface area contributed by atoms with E-state index in [0.29, 0.717) is 5.02 Å². The zero-order valence-electron chi connectivity index (χ0n) is 16.0. The van der Waals surface area contributed by atoms with E-state index in [2.05, 4.69) is 29.3 Å². The number of aromatic nitrogens is 6. The number of nitrogens with zero attached hydrogens (tertiary/aromatic N) is 6. The maximum absolute atomic E-state index is 6.88. The summed E-state index contributed by atoms with van der Waals surface area (Å²) >= 11 is 6.88. The largest absolute Gasteiger partial charge is 0.272 e. The van der Waals surface area contributed by atoms with Gasteiger partial charge >= 0.3 is 0 Å². The standard InChI is InChI=1S/C20H21ClN6/c1-12-6-8-15(9-7-12)27-20(17-11-23-26(5)14(17)3)18(21)19(24-27)16-10-22-25(4)13(16)2/h6-11H,1-5H3. The molecule has 0 aliphatic heterocycles. The molecule has 0 N–H and O–H groups in total. The summed E-state index contributed by atoms with van der Waals surface area (Å²) in [6.07, 6.45) is 3.64. The first-order valence-electron chi connectivity index (χ1n) is 8.72. The molecule has 0 fully saturated rings. The van der Waals surface area contributed by atoms with Crippen molar-refractivity contribution in [1.82, 2.24) is 29.3 Å². The van der Waals surface area contributed by atoms with Crippen molar-refractivity contribution in [2.45, 2.75) is 20.8 Å². The Morgan fingerprint density at radius 3 is 1.89 bits per heavy atom. The lowest BCUT2D eigenvalue weighted by Gasteiger charge is -2.08. The summed E-state index contributed by atoms with van der Waals surface area (Å²) in [5, 5.41) is 14.2. The van der Waals surface area contributed by atoms with Crippen LogP contribution in [0.3, 0.4) is 0 Å². The van der Waals surface area contributed by atoms with Crippen LogP contribution in [0.15, 0.2) is 36.7 Å². The highest BCUT2D eigenvalue weighted by Gasteiger charge is 2.24. The van der Waals surface area contributed by atoms with E-state index in [1.807, 2.05) is 66.5 Å². The summed E-state index contributed by atoms with van der Waals surface area (Å²) in [4.78, 5) is 0. The van der Waals surface area contributed by atoms with Crippen molar-refractivity contribution in [3.63, 3.8) is 0 Å². The Balaban J connectivity index is 2.02. The molecule has 0 atom stereocenters. The Hall–Kier alpha value is -2.86. The number of aryl methyl sites for hydroxylation is 3. The molecule has 1 aromatic carbocycles. The van der Waals surface area contributed by atoms with Gasteiger partial charge in [0.1, 0.15) is 5.69 Å². The van der Waals surface area contributed by atoms with Crippen molar-refractivity contribution < 1.29 is 0 Å². The molecule has 6 nitrogen and oxygen atoms in total. The van der Waals surface area contributed by atoms with E-state index in [0.717, 1.165) is 39.6 Å². The molecule has 0 unspecified atom stereocenters. The van der Waals surface area contributed by atoms with E-state index in [1.54, 1.807) is 0 Å². The Morgan fingerprint density at radius 1 is 0.815 bits per heavy atom. The van der Waals surface area contributed by atoms with Gasteiger partial charge in [0.2, 0.25) is 0 Å². The number of halogens is 1. The molecule has 3 heterocycles. The molecule has 0 spiro atoms. The summed E-state index contributed by atoms with van der Waals surface area (Å²) in [5.41, 5.74) is 7.64. The Bertz CT molecular complexity index is 1130. The van der Waals surface area contributed by atoms with Gasteiger partial charge in [0.05, 0.1) is 28.8 Å². The lowest BCUT2D eigenvalue weighted by Crippen LogP contribution is -2.00. The van der Waals surface area contributed by atoms with Crippen molar-refractivity contribution >= 4 is 11.6 Å². The molecular weight excluding hydrogens is 360 g/mol. The fraction of sp³-hybridized carbons (Fsp3) is 0.250. The summed E-state index contributed by atoms with van der Waals surface area (Å²) in [5.74, 6) is 0. The van der Waals surface area contributed by atoms with Crippen LogP contribution in [0.25, 0.3) is 28.2 Å². The van der Waals surface area contributed by atoms with Crippen LogP contribution in [0.2, 0.25) is 5.02 Å². The van der Waals surface area contributed by atoms with E-state index >= 15 is 0 Å². The molecule has 0 aliphatic carbocycles. The second-order valence-electron chi connectivity index (χ2n) is 6.79. The van der Waals surface area contributed by atoms with E-state index in [4.69, 9.17) is 16.7 Å². The molecule has 138 valence electrons. The van der Waals surface area contributed by atoms with Crippen molar-refractivity contribution in [2.24, 2.45) is 14.1 Å². The van der Waals surface area contributed by atoms with Crippen LogP contribution in [0, 0.1) is 20.8 Å². The van der Waals surface area contributed by atoms with Gasteiger partial charge in [-0.05, 0) is 32.9 Å². The highest BCUT2D eigenvalue weighted by molar-refractivity contribution is 6.35. The average Bonchev–Trinajstić information content (AvgIpc) is 3.27. The van der Waals surface area contributed by atoms with Crippen molar-refractivity contribution in [3.8, 4) is 28.2 Å². The van der Waals surface area contributed by atoms with E-state index in [1.165, 1.54) is 5.56 Å². The molecule has 4 aromatic rings. The summed E-state index contributed by atoms with van der Waals surface area (Å²) in [7, 11) is 3.83. The number of benzene rings is 1. The van der Waals surface area contributed by atoms with Crippen LogP contribution in [0.1, 0.15) is 17.0 Å². The third kappa shape index (κ3) is 2.77. The lowest BCUT2D eigenvalue weighted by atomic mass is 10.1. The van der Waals surface area contributed by atoms with E-state index in [-0.39, 0.29) is 0 Å². The smallest absolute Gasteiger partial charge is 0.115 e. The van der Waals surface area contributed by atoms with Gasteiger partial charge in [0, 0.05) is 36.6 Å². The summed E-state index contributed by atoms with van der Waals surface area (Å²) in [6, 6.07) is 8.24. The number of rotatable bonds is 3. The normalized spacial score (nSPS) is 11.3. The average molecular weight is 381 g/mol. The Morgan fingerprint density at radius 2 is 1.37 bits per heavy atom. The van der Waals surface area contributed by atoms with E-state index < -0.39 is 0 Å². The van der Waals surface area contributed by atoms with Gasteiger partial charge in [0.25, 0.3) is 0 Å². The fourth-order valence-electron chi connectivity index (χ4n) is 3.14. The molecule has 0 bridgehead atoms. The van der Waals surface area contributed by atoms with Crippen LogP contribution in [0.5, 0.6) is 0 Å². The molecular formula is C20H21ClN6. The van der Waals surface area contributed by atoms with Gasteiger partial charge in [-0.3, -0.25) is 9.36 Å². The fourth-order valence-corrected chi connectivity index (χ4v) is 3.46. The second-order valence-corrected chi connectivity index (χ2v) is 7.17. The third-order valence-corrected chi connectivity index (χ3v) is 5.44. The highest BCUT2D eigenvalue weighted by atomic mass is 35.5. The van der Waals surface area contributed by atoms with E-state index in [9.17, 15) is 0 Å². The zero-order valence-corrected chi connectivity index (χ0v) is 16.8. The lowest BCUT2D eigenvalue weighted by molar-refractivity contribution is 0.740. The quantitative estimate of drug-likeness (QED) is 0.533. The molecule has 0 aliphatic rings. The molecule has 3 aromatic heterocycles. The maximum Gasteiger partial charge on any atom is 0.115 e. The Kier molecular flexibility index (Phi) is 4.15. The predicted molar refractivity (Wildman–Crippen MR) is 107 cm³/mol. The first-order chi connectivity index (χ1) is 12.9. The molecule has 0 radical (unpaired) electrons. The van der Waals surface area contributed by atoms with Crippen LogP contribution < -0.4 is 0 Å². The van der Waals surface area contributed by atoms with Crippen LogP contribution in [-0.4, -0.2) is 29.3 Å². The number of hydrogen-bond donors (Lipinski definition) is 0. The van der Waals surface area contributed by atoms with Gasteiger partial charge in [-0.1, -0.05) is 29.3 Å². The minimum absolute atomic E-state index is 0.600. The summed E-state index contributed by atoms with van der Waals surface area (Å²) < 4.78 is 5.56. The molecule has 0 amide bonds. The van der Waals surface area contributed by atoms with Crippen LogP contribution in [-0.2, 0) is 14.1 Å². The van der Waals surface area contributed by atoms with Gasteiger partial charge in [0.15, 0.2) is 0 Å². The first kappa shape index (κ1) is 17.5. The first-order valence-corrected chi connectivity index (χ1v) is 9.09. The monoisotopic (exact) mass is 380 g/mol. The molecule has 0 saturated heterocycles. The SMILES string of the molecule is Cc1ccc(-n2nc(-c3cnn(C)c3C)c(Cl)c2-c2cnn(C)c2C)cc1. The molecule has 4 rings (SSSR count). The molecule has 7 heteroatoms. The zero-order chi connectivity index (χ0) is 19.3. The topological polar surface area (TPSA) is 53.5 Å².